The minimum absolute atomic E-state index is 0.0421. The summed E-state index contributed by atoms with van der Waals surface area (Å²) < 4.78 is 11.4. The molecule has 0 aliphatic carbocycles. The van der Waals surface area contributed by atoms with E-state index in [2.05, 4.69) is 10.2 Å². The first-order chi connectivity index (χ1) is 12.7. The van der Waals surface area contributed by atoms with Crippen molar-refractivity contribution in [2.45, 2.75) is 51.0 Å². The molecule has 0 radical (unpaired) electrons. The SMILES string of the molecule is Cc1ccc(C(=O)N2CCCC[C@H]2c2nnc(C3CCOCC3)o2)cc1. The second-order valence-electron chi connectivity index (χ2n) is 7.24. The van der Waals surface area contributed by atoms with Crippen LogP contribution in [0.15, 0.2) is 28.7 Å². The predicted octanol–water partition coefficient (Wildman–Crippen LogP) is 3.64. The van der Waals surface area contributed by atoms with Gasteiger partial charge < -0.3 is 14.1 Å². The lowest BCUT2D eigenvalue weighted by Crippen LogP contribution is -2.38. The lowest BCUT2D eigenvalue weighted by Gasteiger charge is -2.33. The smallest absolute Gasteiger partial charge is 0.254 e. The van der Waals surface area contributed by atoms with Gasteiger partial charge in [0.25, 0.3) is 5.91 Å². The zero-order valence-corrected chi connectivity index (χ0v) is 15.2. The van der Waals surface area contributed by atoms with Gasteiger partial charge in [0, 0.05) is 31.2 Å². The lowest BCUT2D eigenvalue weighted by molar-refractivity contribution is 0.0561. The first kappa shape index (κ1) is 17.2. The van der Waals surface area contributed by atoms with Gasteiger partial charge in [0.15, 0.2) is 0 Å². The minimum Gasteiger partial charge on any atom is -0.423 e. The van der Waals surface area contributed by atoms with Crippen LogP contribution in [0.3, 0.4) is 0 Å². The van der Waals surface area contributed by atoms with Gasteiger partial charge >= 0.3 is 0 Å². The van der Waals surface area contributed by atoms with E-state index in [1.54, 1.807) is 0 Å². The van der Waals surface area contributed by atoms with Crippen LogP contribution < -0.4 is 0 Å². The largest absolute Gasteiger partial charge is 0.423 e. The highest BCUT2D eigenvalue weighted by Crippen LogP contribution is 2.33. The Hall–Kier alpha value is -2.21. The molecule has 0 bridgehead atoms. The summed E-state index contributed by atoms with van der Waals surface area (Å²) in [4.78, 5) is 14.9. The number of hydrogen-bond acceptors (Lipinski definition) is 5. The molecule has 2 saturated heterocycles. The molecule has 3 heterocycles. The summed E-state index contributed by atoms with van der Waals surface area (Å²) in [7, 11) is 0. The predicted molar refractivity (Wildman–Crippen MR) is 95.9 cm³/mol. The Labute approximate surface area is 153 Å². The molecule has 2 aromatic rings. The van der Waals surface area contributed by atoms with Gasteiger partial charge in [-0.25, -0.2) is 0 Å². The van der Waals surface area contributed by atoms with Crippen LogP contribution in [0.2, 0.25) is 0 Å². The molecule has 26 heavy (non-hydrogen) atoms. The van der Waals surface area contributed by atoms with E-state index in [1.807, 2.05) is 36.1 Å². The first-order valence-electron chi connectivity index (χ1n) is 9.51. The quantitative estimate of drug-likeness (QED) is 0.841. The maximum absolute atomic E-state index is 13.0. The Bertz CT molecular complexity index is 750. The highest BCUT2D eigenvalue weighted by atomic mass is 16.5. The molecule has 2 aliphatic heterocycles. The van der Waals surface area contributed by atoms with Crippen molar-refractivity contribution >= 4 is 5.91 Å². The molecule has 2 aliphatic rings. The highest BCUT2D eigenvalue weighted by molar-refractivity contribution is 5.94. The van der Waals surface area contributed by atoms with Crippen LogP contribution in [-0.4, -0.2) is 40.8 Å². The van der Waals surface area contributed by atoms with Crippen LogP contribution in [0.4, 0.5) is 0 Å². The van der Waals surface area contributed by atoms with Gasteiger partial charge in [0.2, 0.25) is 11.8 Å². The molecule has 4 rings (SSSR count). The second kappa shape index (κ2) is 7.58. The van der Waals surface area contributed by atoms with Crippen LogP contribution >= 0.6 is 0 Å². The van der Waals surface area contributed by atoms with Gasteiger partial charge in [-0.2, -0.15) is 0 Å². The van der Waals surface area contributed by atoms with Crippen molar-refractivity contribution in [2.24, 2.45) is 0 Å². The first-order valence-corrected chi connectivity index (χ1v) is 9.51. The number of aryl methyl sites for hydroxylation is 1. The molecule has 0 N–H and O–H groups in total. The molecule has 6 heteroatoms. The summed E-state index contributed by atoms with van der Waals surface area (Å²) in [5.74, 6) is 1.58. The molecule has 1 aromatic heterocycles. The highest BCUT2D eigenvalue weighted by Gasteiger charge is 2.33. The fourth-order valence-electron chi connectivity index (χ4n) is 3.78. The molecule has 0 unspecified atom stereocenters. The number of benzene rings is 1. The van der Waals surface area contributed by atoms with Gasteiger partial charge in [-0.3, -0.25) is 4.79 Å². The number of amides is 1. The van der Waals surface area contributed by atoms with E-state index in [0.29, 0.717) is 17.3 Å². The van der Waals surface area contributed by atoms with Gasteiger partial charge in [0.1, 0.15) is 6.04 Å². The molecule has 0 spiro atoms. The average Bonchev–Trinajstić information content (AvgIpc) is 3.19. The zero-order valence-electron chi connectivity index (χ0n) is 15.2. The van der Waals surface area contributed by atoms with E-state index in [4.69, 9.17) is 9.15 Å². The van der Waals surface area contributed by atoms with Crippen LogP contribution in [0.25, 0.3) is 0 Å². The number of piperidine rings is 1. The number of likely N-dealkylation sites (tertiary alicyclic amines) is 1. The Morgan fingerprint density at radius 3 is 2.54 bits per heavy atom. The molecule has 6 nitrogen and oxygen atoms in total. The number of ether oxygens (including phenoxy) is 1. The molecular formula is C20H25N3O3. The Balaban J connectivity index is 1.54. The number of carbonyl (C=O) groups excluding carboxylic acids is 1. The van der Waals surface area contributed by atoms with Crippen LogP contribution in [0, 0.1) is 6.92 Å². The van der Waals surface area contributed by atoms with Gasteiger partial charge in [-0.1, -0.05) is 17.7 Å². The van der Waals surface area contributed by atoms with E-state index in [1.165, 1.54) is 0 Å². The van der Waals surface area contributed by atoms with Crippen molar-refractivity contribution in [3.8, 4) is 0 Å². The standard InChI is InChI=1S/C20H25N3O3/c1-14-5-7-16(8-6-14)20(24)23-11-3-2-4-17(23)19-22-21-18(26-19)15-9-12-25-13-10-15/h5-8,15,17H,2-4,9-13H2,1H3/t17-/m0/s1. The van der Waals surface area contributed by atoms with Crippen molar-refractivity contribution in [3.05, 3.63) is 47.2 Å². The third-order valence-electron chi connectivity index (χ3n) is 5.37. The fourth-order valence-corrected chi connectivity index (χ4v) is 3.78. The van der Waals surface area contributed by atoms with Crippen LogP contribution in [-0.2, 0) is 4.74 Å². The third kappa shape index (κ3) is 3.51. The molecular weight excluding hydrogens is 330 g/mol. The summed E-state index contributed by atoms with van der Waals surface area (Å²) in [6.45, 7) is 4.23. The summed E-state index contributed by atoms with van der Waals surface area (Å²) in [5.41, 5.74) is 1.86. The summed E-state index contributed by atoms with van der Waals surface area (Å²) in [6, 6.07) is 7.61. The molecule has 138 valence electrons. The third-order valence-corrected chi connectivity index (χ3v) is 5.37. The topological polar surface area (TPSA) is 68.5 Å². The van der Waals surface area contributed by atoms with Crippen molar-refractivity contribution in [3.63, 3.8) is 0 Å². The number of rotatable bonds is 3. The lowest BCUT2D eigenvalue weighted by atomic mass is 10.00. The number of hydrogen-bond donors (Lipinski definition) is 0. The average molecular weight is 355 g/mol. The van der Waals surface area contributed by atoms with Crippen LogP contribution in [0.1, 0.15) is 71.8 Å². The van der Waals surface area contributed by atoms with E-state index < -0.39 is 0 Å². The van der Waals surface area contributed by atoms with E-state index in [9.17, 15) is 4.79 Å². The zero-order chi connectivity index (χ0) is 17.9. The monoisotopic (exact) mass is 355 g/mol. The molecule has 0 saturated carbocycles. The van der Waals surface area contributed by atoms with Crippen molar-refractivity contribution in [1.82, 2.24) is 15.1 Å². The Morgan fingerprint density at radius 1 is 1.04 bits per heavy atom. The Kier molecular flexibility index (Phi) is 5.02. The minimum atomic E-state index is -0.126. The molecule has 2 fully saturated rings. The van der Waals surface area contributed by atoms with Gasteiger partial charge in [-0.15, -0.1) is 10.2 Å². The van der Waals surface area contributed by atoms with Gasteiger partial charge in [0.05, 0.1) is 0 Å². The van der Waals surface area contributed by atoms with Crippen LogP contribution in [0.5, 0.6) is 0 Å². The summed E-state index contributed by atoms with van der Waals surface area (Å²) in [6.07, 6.45) is 4.77. The van der Waals surface area contributed by atoms with E-state index in [0.717, 1.165) is 57.4 Å². The van der Waals surface area contributed by atoms with Crippen molar-refractivity contribution < 1.29 is 13.9 Å². The Morgan fingerprint density at radius 2 is 1.77 bits per heavy atom. The maximum atomic E-state index is 13.0. The maximum Gasteiger partial charge on any atom is 0.254 e. The normalized spacial score (nSPS) is 21.7. The second-order valence-corrected chi connectivity index (χ2v) is 7.24. The van der Waals surface area contributed by atoms with Gasteiger partial charge in [-0.05, 0) is 51.2 Å². The number of aromatic nitrogens is 2. The molecule has 1 amide bonds. The van der Waals surface area contributed by atoms with E-state index in [-0.39, 0.29) is 17.9 Å². The van der Waals surface area contributed by atoms with Crippen molar-refractivity contribution in [1.29, 1.82) is 0 Å². The van der Waals surface area contributed by atoms with Crippen molar-refractivity contribution in [2.75, 3.05) is 19.8 Å². The van der Waals surface area contributed by atoms with E-state index >= 15 is 0 Å². The summed E-state index contributed by atoms with van der Waals surface area (Å²) in [5, 5.41) is 8.59. The summed E-state index contributed by atoms with van der Waals surface area (Å²) >= 11 is 0. The fraction of sp³-hybridized carbons (Fsp3) is 0.550. The number of carbonyl (C=O) groups is 1. The molecule has 1 aromatic carbocycles. The number of nitrogens with zero attached hydrogens (tertiary/aromatic N) is 3. The molecule has 1 atom stereocenters.